The molecule has 0 unspecified atom stereocenters. The lowest BCUT2D eigenvalue weighted by molar-refractivity contribution is -0.121. The highest BCUT2D eigenvalue weighted by Gasteiger charge is 2.30. The monoisotopic (exact) mass is 414 g/mol. The fraction of sp³-hybridized carbons (Fsp3) is 0.429. The van der Waals surface area contributed by atoms with Crippen molar-refractivity contribution in [2.45, 2.75) is 25.7 Å². The van der Waals surface area contributed by atoms with Gasteiger partial charge in [-0.3, -0.25) is 14.4 Å². The second-order valence-corrected chi connectivity index (χ2v) is 8.02. The van der Waals surface area contributed by atoms with Crippen LogP contribution in [0.2, 0.25) is 0 Å². The van der Waals surface area contributed by atoms with Crippen LogP contribution in [-0.4, -0.2) is 56.3 Å². The van der Waals surface area contributed by atoms with E-state index in [1.807, 2.05) is 31.4 Å². The minimum absolute atomic E-state index is 0.144. The van der Waals surface area contributed by atoms with E-state index >= 15 is 0 Å². The number of amides is 1. The normalized spacial score (nSPS) is 16.1. The molecular weight excluding hydrogens is 390 g/mol. The molecule has 0 aliphatic carbocycles. The number of carbonyl (C=O) groups is 1. The highest BCUT2D eigenvalue weighted by molar-refractivity contribution is 5.94. The summed E-state index contributed by atoms with van der Waals surface area (Å²) in [5, 5.41) is 16.2. The lowest BCUT2D eigenvalue weighted by atomic mass is 9.95. The minimum Gasteiger partial charge on any atom is -0.309 e. The number of aryl methyl sites for hydroxylation is 1. The molecule has 0 spiro atoms. The number of benzene rings is 1. The molecule has 1 amide bonds. The third-order valence-electron chi connectivity index (χ3n) is 5.33. The number of hydrogen-bond acceptors (Lipinski definition) is 5. The predicted octanol–water partition coefficient (Wildman–Crippen LogP) is 3.34. The Morgan fingerprint density at radius 1 is 1.20 bits per heavy atom. The molecule has 0 saturated carbocycles. The fourth-order valence-electron chi connectivity index (χ4n) is 3.83. The van der Waals surface area contributed by atoms with Crippen LogP contribution >= 0.6 is 0 Å². The van der Waals surface area contributed by atoms with E-state index in [1.165, 1.54) is 0 Å². The van der Waals surface area contributed by atoms with Crippen molar-refractivity contribution in [2.75, 3.05) is 25.0 Å². The van der Waals surface area contributed by atoms with E-state index < -0.39 is 5.92 Å². The average Bonchev–Trinajstić information content (AvgIpc) is 3.13. The summed E-state index contributed by atoms with van der Waals surface area (Å²) in [5.74, 6) is -2.69. The maximum Gasteiger partial charge on any atom is 0.257 e. The number of alkyl halides is 2. The lowest BCUT2D eigenvalue weighted by Gasteiger charge is -2.32. The zero-order chi connectivity index (χ0) is 21.3. The van der Waals surface area contributed by atoms with Crippen LogP contribution in [0, 0.1) is 5.92 Å². The number of aromatic nitrogens is 4. The average molecular weight is 414 g/mol. The second-order valence-electron chi connectivity index (χ2n) is 8.02. The molecule has 1 aromatic carbocycles. The van der Waals surface area contributed by atoms with E-state index in [0.29, 0.717) is 31.7 Å². The maximum absolute atomic E-state index is 13.2. The third-order valence-corrected chi connectivity index (χ3v) is 5.33. The van der Waals surface area contributed by atoms with E-state index in [9.17, 15) is 13.6 Å². The summed E-state index contributed by atoms with van der Waals surface area (Å²) in [6.45, 7) is 1.62. The van der Waals surface area contributed by atoms with E-state index in [4.69, 9.17) is 0 Å². The zero-order valence-electron chi connectivity index (χ0n) is 17.0. The number of nitrogens with zero attached hydrogens (tertiary/aromatic N) is 5. The SMILES string of the molecule is Cn1cc(-c2ccc3nnc(NC(=O)C4CCN(CC(C)(F)F)CC4)cc3c2)cn1. The molecule has 7 nitrogen and oxygen atoms in total. The number of rotatable bonds is 5. The summed E-state index contributed by atoms with van der Waals surface area (Å²) in [6.07, 6.45) is 4.82. The van der Waals surface area contributed by atoms with Crippen LogP contribution in [0.3, 0.4) is 0 Å². The van der Waals surface area contributed by atoms with Gasteiger partial charge in [-0.25, -0.2) is 8.78 Å². The summed E-state index contributed by atoms with van der Waals surface area (Å²) < 4.78 is 28.1. The van der Waals surface area contributed by atoms with Gasteiger partial charge in [0.2, 0.25) is 5.91 Å². The predicted molar refractivity (Wildman–Crippen MR) is 110 cm³/mol. The number of hydrogen-bond donors (Lipinski definition) is 1. The molecule has 2 aromatic heterocycles. The Kier molecular flexibility index (Phi) is 5.46. The number of halogens is 2. The van der Waals surface area contributed by atoms with Crippen LogP contribution in [0.1, 0.15) is 19.8 Å². The second kappa shape index (κ2) is 8.06. The Bertz CT molecular complexity index is 1050. The summed E-state index contributed by atoms with van der Waals surface area (Å²) in [7, 11) is 1.86. The van der Waals surface area contributed by atoms with Crippen molar-refractivity contribution in [3.05, 3.63) is 36.7 Å². The van der Waals surface area contributed by atoms with E-state index in [-0.39, 0.29) is 18.4 Å². The Hall–Kier alpha value is -2.94. The number of anilines is 1. The largest absolute Gasteiger partial charge is 0.309 e. The topological polar surface area (TPSA) is 75.9 Å². The van der Waals surface area contributed by atoms with Gasteiger partial charge in [-0.1, -0.05) is 6.07 Å². The Morgan fingerprint density at radius 2 is 1.97 bits per heavy atom. The zero-order valence-corrected chi connectivity index (χ0v) is 17.0. The molecule has 0 bridgehead atoms. The van der Waals surface area contributed by atoms with Crippen LogP contribution in [0.5, 0.6) is 0 Å². The van der Waals surface area contributed by atoms with Crippen LogP contribution in [0.4, 0.5) is 14.6 Å². The van der Waals surface area contributed by atoms with Crippen LogP contribution < -0.4 is 5.32 Å². The fourth-order valence-corrected chi connectivity index (χ4v) is 3.83. The summed E-state index contributed by atoms with van der Waals surface area (Å²) in [5.41, 5.74) is 2.72. The lowest BCUT2D eigenvalue weighted by Crippen LogP contribution is -2.42. The molecule has 3 aromatic rings. The molecule has 0 atom stereocenters. The molecule has 158 valence electrons. The van der Waals surface area contributed by atoms with Crippen molar-refractivity contribution >= 4 is 22.6 Å². The number of likely N-dealkylation sites (tertiary alicyclic amines) is 1. The van der Waals surface area contributed by atoms with Gasteiger partial charge < -0.3 is 5.32 Å². The highest BCUT2D eigenvalue weighted by Crippen LogP contribution is 2.25. The van der Waals surface area contributed by atoms with Crippen molar-refractivity contribution in [2.24, 2.45) is 13.0 Å². The molecule has 1 saturated heterocycles. The van der Waals surface area contributed by atoms with Gasteiger partial charge in [-0.15, -0.1) is 10.2 Å². The first-order valence-corrected chi connectivity index (χ1v) is 9.94. The molecular formula is C21H24F2N6O. The molecule has 30 heavy (non-hydrogen) atoms. The molecule has 1 aliphatic heterocycles. The van der Waals surface area contributed by atoms with Gasteiger partial charge in [0, 0.05) is 37.0 Å². The van der Waals surface area contributed by atoms with Crippen molar-refractivity contribution < 1.29 is 13.6 Å². The summed E-state index contributed by atoms with van der Waals surface area (Å²) in [6, 6.07) is 7.63. The standard InChI is InChI=1S/C21H24F2N6O/c1-21(22,23)13-29-7-5-14(6-8-29)20(30)25-19-10-16-9-15(3-4-18(16)26-27-19)17-11-24-28(2)12-17/h3-4,9-12,14H,5-8,13H2,1-2H3,(H,25,27,30). The molecule has 4 rings (SSSR count). The quantitative estimate of drug-likeness (QED) is 0.693. The van der Waals surface area contributed by atoms with Gasteiger partial charge in [0.05, 0.1) is 18.3 Å². The number of nitrogens with one attached hydrogen (secondary N) is 1. The molecule has 1 N–H and O–H groups in total. The van der Waals surface area contributed by atoms with Crippen molar-refractivity contribution in [1.29, 1.82) is 0 Å². The first-order chi connectivity index (χ1) is 14.3. The van der Waals surface area contributed by atoms with Crippen molar-refractivity contribution in [3.63, 3.8) is 0 Å². The summed E-state index contributed by atoms with van der Waals surface area (Å²) >= 11 is 0. The van der Waals surface area contributed by atoms with Gasteiger partial charge in [0.25, 0.3) is 5.92 Å². The molecule has 1 fully saturated rings. The Labute approximate surface area is 173 Å². The van der Waals surface area contributed by atoms with E-state index in [1.54, 1.807) is 21.8 Å². The minimum atomic E-state index is -2.72. The number of carbonyl (C=O) groups excluding carboxylic acids is 1. The van der Waals surface area contributed by atoms with Crippen LogP contribution in [-0.2, 0) is 11.8 Å². The van der Waals surface area contributed by atoms with Crippen molar-refractivity contribution in [3.8, 4) is 11.1 Å². The Morgan fingerprint density at radius 3 is 2.63 bits per heavy atom. The molecule has 0 radical (unpaired) electrons. The molecule has 1 aliphatic rings. The van der Waals surface area contributed by atoms with E-state index in [2.05, 4.69) is 20.6 Å². The van der Waals surface area contributed by atoms with Gasteiger partial charge in [0.15, 0.2) is 5.82 Å². The van der Waals surface area contributed by atoms with Gasteiger partial charge in [-0.2, -0.15) is 5.10 Å². The highest BCUT2D eigenvalue weighted by atomic mass is 19.3. The first kappa shape index (κ1) is 20.3. The van der Waals surface area contributed by atoms with E-state index in [0.717, 1.165) is 29.0 Å². The van der Waals surface area contributed by atoms with Crippen LogP contribution in [0.25, 0.3) is 22.0 Å². The third kappa shape index (κ3) is 4.79. The maximum atomic E-state index is 13.2. The number of fused-ring (bicyclic) bond motifs is 1. The van der Waals surface area contributed by atoms with Crippen molar-refractivity contribution in [1.82, 2.24) is 24.9 Å². The summed E-state index contributed by atoms with van der Waals surface area (Å²) in [4.78, 5) is 14.3. The molecule has 3 heterocycles. The smallest absolute Gasteiger partial charge is 0.257 e. The Balaban J connectivity index is 1.43. The van der Waals surface area contributed by atoms with Gasteiger partial charge in [-0.05, 0) is 49.7 Å². The van der Waals surface area contributed by atoms with Crippen LogP contribution in [0.15, 0.2) is 36.7 Å². The first-order valence-electron chi connectivity index (χ1n) is 9.94. The van der Waals surface area contributed by atoms with Gasteiger partial charge in [0.1, 0.15) is 0 Å². The number of piperidine rings is 1. The van der Waals surface area contributed by atoms with Gasteiger partial charge >= 0.3 is 0 Å². The molecule has 9 heteroatoms.